The fraction of sp³-hybridized carbons (Fsp3) is 0.178. The zero-order chi connectivity index (χ0) is 45.8. The van der Waals surface area contributed by atoms with Crippen molar-refractivity contribution >= 4 is 64.9 Å². The second-order valence-electron chi connectivity index (χ2n) is 13.8. The zero-order valence-corrected chi connectivity index (χ0v) is 36.2. The summed E-state index contributed by atoms with van der Waals surface area (Å²) in [6.45, 7) is 0.464. The Balaban J connectivity index is 0.000000214. The van der Waals surface area contributed by atoms with E-state index in [2.05, 4.69) is 25.9 Å². The van der Waals surface area contributed by atoms with Crippen LogP contribution in [0.25, 0.3) is 0 Å². The van der Waals surface area contributed by atoms with E-state index in [0.717, 1.165) is 18.2 Å². The van der Waals surface area contributed by atoms with E-state index in [1.165, 1.54) is 42.5 Å². The predicted octanol–water partition coefficient (Wildman–Crippen LogP) is 9.66. The van der Waals surface area contributed by atoms with E-state index in [0.29, 0.717) is 42.0 Å². The van der Waals surface area contributed by atoms with Crippen LogP contribution in [-0.4, -0.2) is 46.2 Å². The maximum absolute atomic E-state index is 14.6. The summed E-state index contributed by atoms with van der Waals surface area (Å²) in [6, 6.07) is 22.4. The Labute approximate surface area is 385 Å². The van der Waals surface area contributed by atoms with Crippen LogP contribution in [0.1, 0.15) is 68.2 Å². The molecule has 3 amide bonds. The van der Waals surface area contributed by atoms with E-state index >= 15 is 0 Å². The van der Waals surface area contributed by atoms with Gasteiger partial charge in [-0.15, -0.1) is 12.4 Å². The molecule has 4 heterocycles. The average Bonchev–Trinajstić information content (AvgIpc) is 3.29. The van der Waals surface area contributed by atoms with E-state index in [1.54, 1.807) is 36.7 Å². The normalized spacial score (nSPS) is 14.3. The fourth-order valence-corrected chi connectivity index (χ4v) is 6.67. The number of fused-ring (bicyclic) bond motifs is 2. The lowest BCUT2D eigenvalue weighted by Crippen LogP contribution is -2.33. The molecule has 0 bridgehead atoms. The average molecular weight is 958 g/mol. The Morgan fingerprint density at radius 1 is 0.692 bits per heavy atom. The molecule has 2 aliphatic rings. The number of nitrogens with two attached hydrogens (primary N) is 1. The molecule has 20 heteroatoms. The van der Waals surface area contributed by atoms with Gasteiger partial charge in [0.25, 0.3) is 11.8 Å². The number of carbonyl (C=O) groups excluding carboxylic acids is 3. The maximum atomic E-state index is 14.6. The molecule has 0 spiro atoms. The molecule has 2 aliphatic heterocycles. The molecule has 65 heavy (non-hydrogen) atoms. The summed E-state index contributed by atoms with van der Waals surface area (Å²) in [5.74, 6) is -4.13. The molecule has 0 saturated heterocycles. The number of nitrogens with one attached hydrogen (secondary N) is 3. The summed E-state index contributed by atoms with van der Waals surface area (Å²) in [4.78, 5) is 45.4. The molecular formula is C45H39Cl3F4N6O7. The van der Waals surface area contributed by atoms with Gasteiger partial charge in [-0.05, 0) is 72.8 Å². The standard InChI is InChI=1S/C23H18ClF2N3O4.C16H13ClF2N2O2.C6H7NO.ClH/c24-16-11-13(4-6-17(16)25)28-22(30)20-18(26)7-5-15-19(8-10-32-21(15)20)29-23(31)33-12-14-3-1-2-9-27-14;17-10-7-8(1-3-11(10)18)21-16(22)14-12(19)4-2-9-13(20)5-6-23-15(9)14;8-5-6-3-1-2-4-7-6;/h1-7,9,11,19H,8,10,12H2,(H,28,30)(H,29,31);1-4,7,13H,5-6,20H2,(H,21,22);1-4,8H,5H2;1H/t19-;13-;;/m00../s1. The van der Waals surface area contributed by atoms with Gasteiger partial charge in [0.1, 0.15) is 52.5 Å². The first-order chi connectivity index (χ1) is 30.8. The van der Waals surface area contributed by atoms with Crippen molar-refractivity contribution in [3.63, 3.8) is 0 Å². The minimum absolute atomic E-state index is 0. The van der Waals surface area contributed by atoms with Crippen LogP contribution in [-0.2, 0) is 18.0 Å². The third-order valence-corrected chi connectivity index (χ3v) is 10.0. The van der Waals surface area contributed by atoms with Gasteiger partial charge in [-0.25, -0.2) is 22.4 Å². The van der Waals surface area contributed by atoms with E-state index in [1.807, 2.05) is 12.1 Å². The number of rotatable bonds is 8. The summed E-state index contributed by atoms with van der Waals surface area (Å²) in [5.41, 5.74) is 8.15. The van der Waals surface area contributed by atoms with Crippen molar-refractivity contribution in [1.29, 1.82) is 0 Å². The molecule has 8 rings (SSSR count). The first-order valence-electron chi connectivity index (χ1n) is 19.4. The number of aromatic nitrogens is 2. The van der Waals surface area contributed by atoms with Gasteiger partial charge in [0.15, 0.2) is 0 Å². The Morgan fingerprint density at radius 2 is 1.18 bits per heavy atom. The molecule has 6 N–H and O–H groups in total. The van der Waals surface area contributed by atoms with Crippen molar-refractivity contribution in [2.45, 2.75) is 38.1 Å². The number of aliphatic hydroxyl groups is 1. The lowest BCUT2D eigenvalue weighted by molar-refractivity contribution is 0.100. The van der Waals surface area contributed by atoms with Crippen molar-refractivity contribution < 1.29 is 51.3 Å². The number of nitrogens with zero attached hydrogens (tertiary/aromatic N) is 2. The molecule has 6 aromatic rings. The number of hydrogen-bond donors (Lipinski definition) is 5. The number of alkyl carbamates (subject to hydrolysis) is 1. The number of pyridine rings is 2. The van der Waals surface area contributed by atoms with Gasteiger partial charge in [-0.1, -0.05) is 47.5 Å². The van der Waals surface area contributed by atoms with Crippen LogP contribution in [0, 0.1) is 23.3 Å². The van der Waals surface area contributed by atoms with Gasteiger partial charge in [0.05, 0.1) is 47.3 Å². The van der Waals surface area contributed by atoms with Gasteiger partial charge in [-0.2, -0.15) is 0 Å². The van der Waals surface area contributed by atoms with Crippen molar-refractivity contribution in [3.05, 3.63) is 176 Å². The van der Waals surface area contributed by atoms with Crippen LogP contribution in [0.15, 0.2) is 109 Å². The summed E-state index contributed by atoms with van der Waals surface area (Å²) in [5, 5.41) is 15.8. The largest absolute Gasteiger partial charge is 0.492 e. The first kappa shape index (κ1) is 49.5. The van der Waals surface area contributed by atoms with E-state index in [9.17, 15) is 31.9 Å². The molecule has 2 atom stereocenters. The molecule has 0 saturated carbocycles. The molecule has 340 valence electrons. The van der Waals surface area contributed by atoms with Crippen LogP contribution in [0.3, 0.4) is 0 Å². The number of aliphatic hydroxyl groups excluding tert-OH is 1. The minimum Gasteiger partial charge on any atom is -0.492 e. The van der Waals surface area contributed by atoms with Crippen LogP contribution in [0.5, 0.6) is 11.5 Å². The quantitative estimate of drug-likeness (QED) is 0.0920. The molecule has 0 aliphatic carbocycles. The monoisotopic (exact) mass is 956 g/mol. The molecular weight excluding hydrogens is 919 g/mol. The molecule has 4 aromatic carbocycles. The molecule has 0 fully saturated rings. The topological polar surface area (TPSA) is 187 Å². The Kier molecular flexibility index (Phi) is 17.9. The number of amides is 3. The highest BCUT2D eigenvalue weighted by molar-refractivity contribution is 6.31. The van der Waals surface area contributed by atoms with Crippen molar-refractivity contribution in [2.75, 3.05) is 23.8 Å². The summed E-state index contributed by atoms with van der Waals surface area (Å²) >= 11 is 11.4. The highest BCUT2D eigenvalue weighted by atomic mass is 35.5. The smallest absolute Gasteiger partial charge is 0.408 e. The predicted molar refractivity (Wildman–Crippen MR) is 236 cm³/mol. The van der Waals surface area contributed by atoms with E-state index in [4.69, 9.17) is 48.3 Å². The summed E-state index contributed by atoms with van der Waals surface area (Å²) in [7, 11) is 0. The molecule has 2 aromatic heterocycles. The van der Waals surface area contributed by atoms with Gasteiger partial charge < -0.3 is 41.0 Å². The maximum Gasteiger partial charge on any atom is 0.408 e. The highest BCUT2D eigenvalue weighted by Crippen LogP contribution is 2.38. The number of carbonyl (C=O) groups is 3. The Morgan fingerprint density at radius 3 is 1.68 bits per heavy atom. The van der Waals surface area contributed by atoms with E-state index in [-0.39, 0.29) is 82.3 Å². The summed E-state index contributed by atoms with van der Waals surface area (Å²) < 4.78 is 71.5. The van der Waals surface area contributed by atoms with Crippen molar-refractivity contribution in [1.82, 2.24) is 15.3 Å². The minimum atomic E-state index is -0.808. The van der Waals surface area contributed by atoms with Crippen LogP contribution in [0.4, 0.5) is 33.7 Å². The van der Waals surface area contributed by atoms with Crippen LogP contribution >= 0.6 is 35.6 Å². The number of hydrogen-bond acceptors (Lipinski definition) is 10. The lowest BCUT2D eigenvalue weighted by Gasteiger charge is -2.28. The number of halogens is 7. The van der Waals surface area contributed by atoms with Crippen LogP contribution < -0.4 is 31.2 Å². The molecule has 13 nitrogen and oxygen atoms in total. The fourth-order valence-electron chi connectivity index (χ4n) is 6.31. The Hall–Kier alpha value is -6.50. The van der Waals surface area contributed by atoms with Gasteiger partial charge in [-0.3, -0.25) is 19.6 Å². The van der Waals surface area contributed by atoms with Crippen molar-refractivity contribution in [3.8, 4) is 11.5 Å². The van der Waals surface area contributed by atoms with E-state index < -0.39 is 47.2 Å². The highest BCUT2D eigenvalue weighted by Gasteiger charge is 2.31. The van der Waals surface area contributed by atoms with Gasteiger partial charge >= 0.3 is 6.09 Å². The van der Waals surface area contributed by atoms with Gasteiger partial charge in [0, 0.05) is 53.8 Å². The second kappa shape index (κ2) is 23.4. The number of benzene rings is 4. The zero-order valence-electron chi connectivity index (χ0n) is 33.8. The second-order valence-corrected chi connectivity index (χ2v) is 14.6. The van der Waals surface area contributed by atoms with Gasteiger partial charge in [0.2, 0.25) is 0 Å². The first-order valence-corrected chi connectivity index (χ1v) is 20.1. The third-order valence-electron chi connectivity index (χ3n) is 9.44. The molecule has 0 radical (unpaired) electrons. The van der Waals surface area contributed by atoms with Crippen molar-refractivity contribution in [2.24, 2.45) is 5.73 Å². The number of anilines is 2. The number of ether oxygens (including phenoxy) is 3. The SMILES string of the molecule is Cl.N[C@H]1CCOc2c1ccc(F)c2C(=O)Nc1ccc(F)c(Cl)c1.O=C(N[C@H]1CCOc2c1ccc(F)c2C(=O)Nc1ccc(F)c(Cl)c1)OCc1ccccn1.OCc1ccccn1. The summed E-state index contributed by atoms with van der Waals surface area (Å²) in [6.07, 6.45) is 3.55. The third kappa shape index (κ3) is 13.0. The lowest BCUT2D eigenvalue weighted by atomic mass is 9.97. The molecule has 0 unspecified atom stereocenters. The van der Waals surface area contributed by atoms with Crippen LogP contribution in [0.2, 0.25) is 10.0 Å². The Bertz CT molecular complexity index is 2620.